The lowest BCUT2D eigenvalue weighted by Crippen LogP contribution is -2.21. The van der Waals surface area contributed by atoms with Crippen LogP contribution in [0, 0.1) is 0 Å². The Kier molecular flexibility index (Phi) is 3.41. The highest BCUT2D eigenvalue weighted by Gasteiger charge is 2.20. The molecule has 1 heterocycles. The fraction of sp³-hybridized carbons (Fsp3) is 0.750. The quantitative estimate of drug-likeness (QED) is 0.774. The fourth-order valence-corrected chi connectivity index (χ4v) is 1.94. The van der Waals surface area contributed by atoms with E-state index in [4.69, 9.17) is 0 Å². The summed E-state index contributed by atoms with van der Waals surface area (Å²) >= 11 is 0. The predicted octanol–water partition coefficient (Wildman–Crippen LogP) is 2.15. The molecular formula is C12H21N3. The van der Waals surface area contributed by atoms with Crippen LogP contribution in [0.4, 0.5) is 0 Å². The van der Waals surface area contributed by atoms with Gasteiger partial charge in [0.25, 0.3) is 0 Å². The maximum absolute atomic E-state index is 4.35. The average molecular weight is 207 g/mol. The Bertz CT molecular complexity index is 302. The van der Waals surface area contributed by atoms with E-state index in [1.807, 2.05) is 6.20 Å². The Balaban J connectivity index is 1.80. The summed E-state index contributed by atoms with van der Waals surface area (Å²) in [5.74, 6) is 1.20. The van der Waals surface area contributed by atoms with E-state index in [1.165, 1.54) is 25.1 Å². The van der Waals surface area contributed by atoms with Crippen molar-refractivity contribution in [3.63, 3.8) is 0 Å². The van der Waals surface area contributed by atoms with Gasteiger partial charge >= 0.3 is 0 Å². The molecule has 2 rings (SSSR count). The van der Waals surface area contributed by atoms with Gasteiger partial charge in [-0.05, 0) is 32.7 Å². The zero-order valence-electron chi connectivity index (χ0n) is 9.74. The van der Waals surface area contributed by atoms with Crippen molar-refractivity contribution in [2.75, 3.05) is 6.54 Å². The Morgan fingerprint density at radius 2 is 2.40 bits per heavy atom. The molecule has 1 aliphatic carbocycles. The van der Waals surface area contributed by atoms with Crippen LogP contribution in [-0.2, 0) is 6.42 Å². The zero-order chi connectivity index (χ0) is 10.7. The Morgan fingerprint density at radius 1 is 1.60 bits per heavy atom. The first-order chi connectivity index (χ1) is 7.31. The van der Waals surface area contributed by atoms with Crippen molar-refractivity contribution in [1.29, 1.82) is 0 Å². The third kappa shape index (κ3) is 2.81. The maximum atomic E-state index is 4.35. The van der Waals surface area contributed by atoms with Gasteiger partial charge in [-0.2, -0.15) is 0 Å². The molecule has 1 fully saturated rings. The zero-order valence-corrected chi connectivity index (χ0v) is 9.74. The number of rotatable bonds is 6. The van der Waals surface area contributed by atoms with Gasteiger partial charge in [0, 0.05) is 30.9 Å². The van der Waals surface area contributed by atoms with Crippen molar-refractivity contribution < 1.29 is 0 Å². The Labute approximate surface area is 91.9 Å². The molecule has 3 heteroatoms. The number of imidazole rings is 1. The molecule has 0 bridgehead atoms. The van der Waals surface area contributed by atoms with E-state index < -0.39 is 0 Å². The van der Waals surface area contributed by atoms with Gasteiger partial charge in [0.2, 0.25) is 0 Å². The van der Waals surface area contributed by atoms with Gasteiger partial charge in [0.05, 0.1) is 0 Å². The van der Waals surface area contributed by atoms with Crippen LogP contribution in [0.15, 0.2) is 12.4 Å². The second kappa shape index (κ2) is 4.79. The van der Waals surface area contributed by atoms with E-state index >= 15 is 0 Å². The molecule has 1 atom stereocenters. The van der Waals surface area contributed by atoms with Crippen LogP contribution in [0.25, 0.3) is 0 Å². The van der Waals surface area contributed by atoms with Crippen molar-refractivity contribution in [2.45, 2.75) is 51.6 Å². The molecule has 1 saturated carbocycles. The minimum atomic E-state index is 0.564. The van der Waals surface area contributed by atoms with E-state index in [9.17, 15) is 0 Å². The summed E-state index contributed by atoms with van der Waals surface area (Å²) in [5, 5.41) is 3.55. The van der Waals surface area contributed by atoms with Crippen LogP contribution in [-0.4, -0.2) is 22.1 Å². The van der Waals surface area contributed by atoms with E-state index in [0.717, 1.165) is 19.0 Å². The SMILES string of the molecule is CCc1nccn1C(C)CCNC1CC1. The van der Waals surface area contributed by atoms with Gasteiger partial charge in [-0.3, -0.25) is 0 Å². The summed E-state index contributed by atoms with van der Waals surface area (Å²) in [6.45, 7) is 5.57. The summed E-state index contributed by atoms with van der Waals surface area (Å²) in [4.78, 5) is 4.35. The molecule has 0 radical (unpaired) electrons. The first-order valence-corrected chi connectivity index (χ1v) is 6.06. The minimum Gasteiger partial charge on any atom is -0.332 e. The van der Waals surface area contributed by atoms with Crippen molar-refractivity contribution in [2.24, 2.45) is 0 Å². The highest BCUT2D eigenvalue weighted by atomic mass is 15.1. The Morgan fingerprint density at radius 3 is 3.07 bits per heavy atom. The van der Waals surface area contributed by atoms with Gasteiger partial charge < -0.3 is 9.88 Å². The van der Waals surface area contributed by atoms with Crippen LogP contribution in [0.2, 0.25) is 0 Å². The summed E-state index contributed by atoms with van der Waals surface area (Å²) < 4.78 is 2.30. The van der Waals surface area contributed by atoms with Crippen molar-refractivity contribution in [3.8, 4) is 0 Å². The number of nitrogens with one attached hydrogen (secondary N) is 1. The van der Waals surface area contributed by atoms with Crippen LogP contribution >= 0.6 is 0 Å². The van der Waals surface area contributed by atoms with Gasteiger partial charge in [-0.15, -0.1) is 0 Å². The van der Waals surface area contributed by atoms with E-state index in [1.54, 1.807) is 0 Å². The van der Waals surface area contributed by atoms with Gasteiger partial charge in [0.1, 0.15) is 5.82 Å². The molecule has 0 spiro atoms. The molecule has 0 aromatic carbocycles. The molecule has 1 aliphatic rings. The number of aromatic nitrogens is 2. The molecule has 3 nitrogen and oxygen atoms in total. The number of hydrogen-bond donors (Lipinski definition) is 1. The molecule has 1 aromatic rings. The van der Waals surface area contributed by atoms with Crippen molar-refractivity contribution in [3.05, 3.63) is 18.2 Å². The minimum absolute atomic E-state index is 0.564. The lowest BCUT2D eigenvalue weighted by Gasteiger charge is -2.16. The molecule has 0 saturated heterocycles. The topological polar surface area (TPSA) is 29.9 Å². The molecule has 1 unspecified atom stereocenters. The first kappa shape index (κ1) is 10.7. The van der Waals surface area contributed by atoms with Gasteiger partial charge in [0.15, 0.2) is 0 Å². The van der Waals surface area contributed by atoms with Crippen LogP contribution < -0.4 is 5.32 Å². The first-order valence-electron chi connectivity index (χ1n) is 6.06. The third-order valence-corrected chi connectivity index (χ3v) is 3.11. The summed E-state index contributed by atoms with van der Waals surface area (Å²) in [6, 6.07) is 1.39. The lowest BCUT2D eigenvalue weighted by atomic mass is 10.2. The average Bonchev–Trinajstić information content (AvgIpc) is 2.94. The number of nitrogens with zero attached hydrogens (tertiary/aromatic N) is 2. The monoisotopic (exact) mass is 207 g/mol. The molecule has 0 aliphatic heterocycles. The molecule has 15 heavy (non-hydrogen) atoms. The fourth-order valence-electron chi connectivity index (χ4n) is 1.94. The molecule has 1 aromatic heterocycles. The molecule has 1 N–H and O–H groups in total. The number of aryl methyl sites for hydroxylation is 1. The third-order valence-electron chi connectivity index (χ3n) is 3.11. The molecule has 0 amide bonds. The predicted molar refractivity (Wildman–Crippen MR) is 62.0 cm³/mol. The summed E-state index contributed by atoms with van der Waals surface area (Å²) in [7, 11) is 0. The lowest BCUT2D eigenvalue weighted by molar-refractivity contribution is 0.468. The van der Waals surface area contributed by atoms with Crippen LogP contribution in [0.1, 0.15) is 45.0 Å². The van der Waals surface area contributed by atoms with Crippen LogP contribution in [0.5, 0.6) is 0 Å². The van der Waals surface area contributed by atoms with Crippen LogP contribution in [0.3, 0.4) is 0 Å². The standard InChI is InChI=1S/C12H21N3/c1-3-12-14-8-9-15(12)10(2)6-7-13-11-4-5-11/h8-11,13H,3-7H2,1-2H3. The van der Waals surface area contributed by atoms with Crippen molar-refractivity contribution >= 4 is 0 Å². The second-order valence-corrected chi connectivity index (χ2v) is 4.47. The number of hydrogen-bond acceptors (Lipinski definition) is 2. The summed E-state index contributed by atoms with van der Waals surface area (Å²) in [6.07, 6.45) is 8.97. The van der Waals surface area contributed by atoms with Crippen molar-refractivity contribution in [1.82, 2.24) is 14.9 Å². The smallest absolute Gasteiger partial charge is 0.108 e. The Hall–Kier alpha value is -0.830. The van der Waals surface area contributed by atoms with Gasteiger partial charge in [-0.25, -0.2) is 4.98 Å². The van der Waals surface area contributed by atoms with E-state index in [-0.39, 0.29) is 0 Å². The maximum Gasteiger partial charge on any atom is 0.108 e. The largest absolute Gasteiger partial charge is 0.332 e. The normalized spacial score (nSPS) is 18.0. The second-order valence-electron chi connectivity index (χ2n) is 4.47. The van der Waals surface area contributed by atoms with E-state index in [0.29, 0.717) is 6.04 Å². The molecule has 84 valence electrons. The van der Waals surface area contributed by atoms with Gasteiger partial charge in [-0.1, -0.05) is 6.92 Å². The highest BCUT2D eigenvalue weighted by molar-refractivity contribution is 4.94. The summed E-state index contributed by atoms with van der Waals surface area (Å²) in [5.41, 5.74) is 0. The highest BCUT2D eigenvalue weighted by Crippen LogP contribution is 2.19. The molecular weight excluding hydrogens is 186 g/mol. The van der Waals surface area contributed by atoms with E-state index in [2.05, 4.69) is 34.9 Å².